The van der Waals surface area contributed by atoms with E-state index >= 15 is 0 Å². The maximum absolute atomic E-state index is 13.5. The van der Waals surface area contributed by atoms with Gasteiger partial charge in [0.05, 0.1) is 18.7 Å². The molecule has 0 unspecified atom stereocenters. The Morgan fingerprint density at radius 1 is 0.926 bits per heavy atom. The quantitative estimate of drug-likeness (QED) is 0.577. The Bertz CT molecular complexity index is 855. The van der Waals surface area contributed by atoms with E-state index in [0.29, 0.717) is 0 Å². The predicted molar refractivity (Wildman–Crippen MR) is 99.4 cm³/mol. The van der Waals surface area contributed by atoms with E-state index in [1.807, 2.05) is 32.0 Å². The number of carbonyl (C=O) groups is 3. The van der Waals surface area contributed by atoms with Gasteiger partial charge in [-0.2, -0.15) is 0 Å². The first-order chi connectivity index (χ1) is 12.9. The van der Waals surface area contributed by atoms with Gasteiger partial charge in [0.2, 0.25) is 0 Å². The number of hydrogen-bond donors (Lipinski definition) is 4. The van der Waals surface area contributed by atoms with Crippen molar-refractivity contribution >= 4 is 23.4 Å². The van der Waals surface area contributed by atoms with Gasteiger partial charge >= 0.3 is 0 Å². The number of halogens is 1. The molecule has 2 rings (SSSR count). The molecule has 4 N–H and O–H groups in total. The van der Waals surface area contributed by atoms with Crippen LogP contribution < -0.4 is 21.5 Å². The van der Waals surface area contributed by atoms with E-state index in [4.69, 9.17) is 0 Å². The zero-order valence-electron chi connectivity index (χ0n) is 15.1. The van der Waals surface area contributed by atoms with Crippen molar-refractivity contribution in [2.75, 3.05) is 18.4 Å². The van der Waals surface area contributed by atoms with E-state index in [2.05, 4.69) is 21.5 Å². The maximum atomic E-state index is 13.5. The molecule has 0 spiro atoms. The normalized spacial score (nSPS) is 10.0. The van der Waals surface area contributed by atoms with Gasteiger partial charge < -0.3 is 10.6 Å². The second-order valence-corrected chi connectivity index (χ2v) is 5.93. The Morgan fingerprint density at radius 3 is 2.26 bits per heavy atom. The van der Waals surface area contributed by atoms with Gasteiger partial charge in [-0.1, -0.05) is 29.8 Å². The van der Waals surface area contributed by atoms with Crippen LogP contribution in [-0.2, 0) is 9.59 Å². The molecule has 27 heavy (non-hydrogen) atoms. The van der Waals surface area contributed by atoms with Crippen molar-refractivity contribution in [1.29, 1.82) is 0 Å². The summed E-state index contributed by atoms with van der Waals surface area (Å²) in [5.74, 6) is -2.49. The molecule has 0 aliphatic carbocycles. The molecule has 0 aliphatic heterocycles. The van der Waals surface area contributed by atoms with Crippen LogP contribution in [0.15, 0.2) is 42.5 Å². The summed E-state index contributed by atoms with van der Waals surface area (Å²) in [6.07, 6.45) is 0. The Labute approximate surface area is 156 Å². The number of benzene rings is 2. The van der Waals surface area contributed by atoms with Crippen molar-refractivity contribution in [2.24, 2.45) is 0 Å². The van der Waals surface area contributed by atoms with Gasteiger partial charge in [-0.15, -0.1) is 0 Å². The zero-order chi connectivity index (χ0) is 19.8. The largest absolute Gasteiger partial charge is 0.376 e. The van der Waals surface area contributed by atoms with Crippen LogP contribution >= 0.6 is 0 Å². The predicted octanol–water partition coefficient (Wildman–Crippen LogP) is 1.43. The van der Waals surface area contributed by atoms with Crippen LogP contribution in [0.1, 0.15) is 21.5 Å². The van der Waals surface area contributed by atoms with Crippen LogP contribution in [0, 0.1) is 19.7 Å². The lowest BCUT2D eigenvalue weighted by Gasteiger charge is -2.11. The lowest BCUT2D eigenvalue weighted by atomic mass is 10.1. The highest BCUT2D eigenvalue weighted by molar-refractivity contribution is 5.96. The second-order valence-electron chi connectivity index (χ2n) is 5.93. The molecule has 0 saturated carbocycles. The lowest BCUT2D eigenvalue weighted by Crippen LogP contribution is -2.48. The van der Waals surface area contributed by atoms with Crippen LogP contribution in [-0.4, -0.2) is 30.8 Å². The summed E-state index contributed by atoms with van der Waals surface area (Å²) in [4.78, 5) is 35.3. The third kappa shape index (κ3) is 6.10. The molecular weight excluding hydrogens is 351 g/mol. The summed E-state index contributed by atoms with van der Waals surface area (Å²) in [5.41, 5.74) is 7.19. The minimum Gasteiger partial charge on any atom is -0.376 e. The van der Waals surface area contributed by atoms with Crippen LogP contribution in [0.2, 0.25) is 0 Å². The van der Waals surface area contributed by atoms with Crippen LogP contribution in [0.3, 0.4) is 0 Å². The van der Waals surface area contributed by atoms with Gasteiger partial charge in [0.1, 0.15) is 5.82 Å². The van der Waals surface area contributed by atoms with Gasteiger partial charge in [-0.3, -0.25) is 25.2 Å². The van der Waals surface area contributed by atoms with E-state index in [-0.39, 0.29) is 12.1 Å². The minimum absolute atomic E-state index is 0.0359. The number of hydrogen-bond acceptors (Lipinski definition) is 4. The molecule has 0 atom stereocenters. The molecular formula is C19H21FN4O3. The standard InChI is InChI=1S/C19H21FN4O3/c1-12-7-8-16(13(2)9-12)21-10-17(25)23-24-18(26)11-22-19(27)14-5-3-4-6-15(14)20/h3-9,21H,10-11H2,1-2H3,(H,22,27)(H,23,25)(H,24,26). The van der Waals surface area contributed by atoms with E-state index in [1.165, 1.54) is 18.2 Å². The summed E-state index contributed by atoms with van der Waals surface area (Å²) < 4.78 is 13.5. The first-order valence-electron chi connectivity index (χ1n) is 8.28. The second kappa shape index (κ2) is 9.33. The van der Waals surface area contributed by atoms with E-state index < -0.39 is 30.1 Å². The van der Waals surface area contributed by atoms with Gasteiger partial charge in [0.15, 0.2) is 0 Å². The van der Waals surface area contributed by atoms with Gasteiger partial charge in [-0.05, 0) is 37.6 Å². The molecule has 0 heterocycles. The number of rotatable bonds is 6. The molecule has 0 radical (unpaired) electrons. The number of aryl methyl sites for hydroxylation is 2. The smallest absolute Gasteiger partial charge is 0.257 e. The van der Waals surface area contributed by atoms with Crippen molar-refractivity contribution < 1.29 is 18.8 Å². The first-order valence-corrected chi connectivity index (χ1v) is 8.28. The van der Waals surface area contributed by atoms with Gasteiger partial charge in [0.25, 0.3) is 17.7 Å². The van der Waals surface area contributed by atoms with Crippen LogP contribution in [0.4, 0.5) is 10.1 Å². The molecule has 2 aromatic carbocycles. The minimum atomic E-state index is -0.717. The van der Waals surface area contributed by atoms with Crippen molar-refractivity contribution in [2.45, 2.75) is 13.8 Å². The molecule has 142 valence electrons. The van der Waals surface area contributed by atoms with Crippen LogP contribution in [0.25, 0.3) is 0 Å². The van der Waals surface area contributed by atoms with E-state index in [1.54, 1.807) is 0 Å². The Morgan fingerprint density at radius 2 is 1.59 bits per heavy atom. The monoisotopic (exact) mass is 372 g/mol. The summed E-state index contributed by atoms with van der Waals surface area (Å²) in [6.45, 7) is 3.46. The van der Waals surface area contributed by atoms with E-state index in [0.717, 1.165) is 22.9 Å². The van der Waals surface area contributed by atoms with Crippen molar-refractivity contribution in [1.82, 2.24) is 16.2 Å². The first kappa shape index (κ1) is 19.9. The third-order valence-electron chi connectivity index (χ3n) is 3.69. The number of anilines is 1. The number of hydrazine groups is 1. The maximum Gasteiger partial charge on any atom is 0.257 e. The highest BCUT2D eigenvalue weighted by atomic mass is 19.1. The molecule has 2 aromatic rings. The van der Waals surface area contributed by atoms with Gasteiger partial charge in [0, 0.05) is 5.69 Å². The average molecular weight is 372 g/mol. The third-order valence-corrected chi connectivity index (χ3v) is 3.69. The summed E-state index contributed by atoms with van der Waals surface area (Å²) in [6, 6.07) is 11.2. The topological polar surface area (TPSA) is 99.3 Å². The molecule has 0 bridgehead atoms. The van der Waals surface area contributed by atoms with E-state index in [9.17, 15) is 18.8 Å². The SMILES string of the molecule is Cc1ccc(NCC(=O)NNC(=O)CNC(=O)c2ccccc2F)c(C)c1. The van der Waals surface area contributed by atoms with Crippen molar-refractivity contribution in [3.8, 4) is 0 Å². The number of nitrogens with one attached hydrogen (secondary N) is 4. The Balaban J connectivity index is 1.71. The molecule has 0 aromatic heterocycles. The molecule has 0 saturated heterocycles. The molecule has 7 nitrogen and oxygen atoms in total. The molecule has 0 aliphatic rings. The summed E-state index contributed by atoms with van der Waals surface area (Å²) >= 11 is 0. The number of amides is 3. The van der Waals surface area contributed by atoms with Gasteiger partial charge in [-0.25, -0.2) is 4.39 Å². The number of carbonyl (C=O) groups excluding carboxylic acids is 3. The fraction of sp³-hybridized carbons (Fsp3) is 0.211. The average Bonchev–Trinajstić information content (AvgIpc) is 2.64. The van der Waals surface area contributed by atoms with Crippen LogP contribution in [0.5, 0.6) is 0 Å². The summed E-state index contributed by atoms with van der Waals surface area (Å²) in [7, 11) is 0. The fourth-order valence-electron chi connectivity index (χ4n) is 2.32. The highest BCUT2D eigenvalue weighted by Gasteiger charge is 2.12. The molecule has 0 fully saturated rings. The molecule has 8 heteroatoms. The highest BCUT2D eigenvalue weighted by Crippen LogP contribution is 2.15. The summed E-state index contributed by atoms with van der Waals surface area (Å²) in [5, 5.41) is 5.24. The Kier molecular flexibility index (Phi) is 6.87. The lowest BCUT2D eigenvalue weighted by molar-refractivity contribution is -0.127. The van der Waals surface area contributed by atoms with Crippen molar-refractivity contribution in [3.05, 3.63) is 65.0 Å². The Hall–Kier alpha value is -3.42. The zero-order valence-corrected chi connectivity index (χ0v) is 15.1. The molecule has 3 amide bonds. The fourth-order valence-corrected chi connectivity index (χ4v) is 2.32. The van der Waals surface area contributed by atoms with Crippen molar-refractivity contribution in [3.63, 3.8) is 0 Å².